The molecule has 0 aromatic heterocycles. The number of rotatable bonds is 5. The molecule has 0 aliphatic carbocycles. The van der Waals surface area contributed by atoms with E-state index in [1.165, 1.54) is 12.0 Å². The minimum Gasteiger partial charge on any atom is -0.486 e. The standard InChI is InChI=1S/C21H23ClN2O3/c22-17-11-19-20(27-8-7-26-19)12-18(17)24-21(25)10-15-3-1-14(2-4-15)9-16-5-6-23-13-16/h1-4,11-12,16,23H,5-10,13H2,(H,24,25). The third-order valence-electron chi connectivity index (χ3n) is 4.98. The zero-order chi connectivity index (χ0) is 18.6. The van der Waals surface area contributed by atoms with Crippen molar-refractivity contribution < 1.29 is 14.3 Å². The molecule has 2 heterocycles. The summed E-state index contributed by atoms with van der Waals surface area (Å²) in [5.74, 6) is 1.82. The van der Waals surface area contributed by atoms with Crippen LogP contribution in [0.1, 0.15) is 17.5 Å². The molecule has 0 saturated carbocycles. The number of carbonyl (C=O) groups is 1. The van der Waals surface area contributed by atoms with Crippen LogP contribution < -0.4 is 20.1 Å². The molecule has 0 spiro atoms. The third-order valence-corrected chi connectivity index (χ3v) is 5.29. The summed E-state index contributed by atoms with van der Waals surface area (Å²) in [6, 6.07) is 11.7. The van der Waals surface area contributed by atoms with Crippen LogP contribution in [-0.2, 0) is 17.6 Å². The van der Waals surface area contributed by atoms with Crippen molar-refractivity contribution in [2.24, 2.45) is 5.92 Å². The highest BCUT2D eigenvalue weighted by Crippen LogP contribution is 2.38. The first-order valence-corrected chi connectivity index (χ1v) is 9.73. The van der Waals surface area contributed by atoms with Crippen molar-refractivity contribution >= 4 is 23.2 Å². The minimum atomic E-state index is -0.110. The van der Waals surface area contributed by atoms with E-state index in [9.17, 15) is 4.79 Å². The minimum absolute atomic E-state index is 0.110. The van der Waals surface area contributed by atoms with Crippen LogP contribution in [0.25, 0.3) is 0 Å². The first-order chi connectivity index (χ1) is 13.2. The Morgan fingerprint density at radius 1 is 1.11 bits per heavy atom. The molecule has 142 valence electrons. The lowest BCUT2D eigenvalue weighted by Crippen LogP contribution is -2.17. The SMILES string of the molecule is O=C(Cc1ccc(CC2CCNC2)cc1)Nc1cc2c(cc1Cl)OCCO2. The van der Waals surface area contributed by atoms with E-state index >= 15 is 0 Å². The second-order valence-electron chi connectivity index (χ2n) is 7.08. The second-order valence-corrected chi connectivity index (χ2v) is 7.49. The van der Waals surface area contributed by atoms with Gasteiger partial charge in [0.05, 0.1) is 17.1 Å². The highest BCUT2D eigenvalue weighted by atomic mass is 35.5. The van der Waals surface area contributed by atoms with Gasteiger partial charge in [-0.15, -0.1) is 0 Å². The maximum absolute atomic E-state index is 12.4. The van der Waals surface area contributed by atoms with Gasteiger partial charge in [-0.3, -0.25) is 4.79 Å². The van der Waals surface area contributed by atoms with Crippen molar-refractivity contribution in [3.63, 3.8) is 0 Å². The summed E-state index contributed by atoms with van der Waals surface area (Å²) in [7, 11) is 0. The molecule has 6 heteroatoms. The maximum atomic E-state index is 12.4. The molecule has 1 fully saturated rings. The van der Waals surface area contributed by atoms with E-state index in [1.807, 2.05) is 12.1 Å². The predicted molar refractivity (Wildman–Crippen MR) is 106 cm³/mol. The van der Waals surface area contributed by atoms with E-state index in [1.54, 1.807) is 12.1 Å². The molecule has 2 aliphatic heterocycles. The van der Waals surface area contributed by atoms with Crippen molar-refractivity contribution in [2.45, 2.75) is 19.3 Å². The fourth-order valence-corrected chi connectivity index (χ4v) is 3.76. The first-order valence-electron chi connectivity index (χ1n) is 9.35. The predicted octanol–water partition coefficient (Wildman–Crippen LogP) is 3.44. The van der Waals surface area contributed by atoms with Gasteiger partial charge >= 0.3 is 0 Å². The molecule has 27 heavy (non-hydrogen) atoms. The van der Waals surface area contributed by atoms with Gasteiger partial charge in [0.2, 0.25) is 5.91 Å². The lowest BCUT2D eigenvalue weighted by molar-refractivity contribution is -0.115. The quantitative estimate of drug-likeness (QED) is 0.826. The lowest BCUT2D eigenvalue weighted by Gasteiger charge is -2.20. The molecular formula is C21H23ClN2O3. The van der Waals surface area contributed by atoms with Gasteiger partial charge in [0.1, 0.15) is 13.2 Å². The zero-order valence-electron chi connectivity index (χ0n) is 15.1. The van der Waals surface area contributed by atoms with Crippen LogP contribution in [0.4, 0.5) is 5.69 Å². The Balaban J connectivity index is 1.36. The Morgan fingerprint density at radius 3 is 2.52 bits per heavy atom. The van der Waals surface area contributed by atoms with Crippen molar-refractivity contribution in [1.29, 1.82) is 0 Å². The molecule has 2 N–H and O–H groups in total. The number of amides is 1. The van der Waals surface area contributed by atoms with Crippen LogP contribution in [0.3, 0.4) is 0 Å². The average molecular weight is 387 g/mol. The van der Waals surface area contributed by atoms with Gasteiger partial charge in [-0.05, 0) is 43.0 Å². The van der Waals surface area contributed by atoms with Gasteiger partial charge in [0.25, 0.3) is 0 Å². The monoisotopic (exact) mass is 386 g/mol. The Hall–Kier alpha value is -2.24. The molecule has 1 saturated heterocycles. The van der Waals surface area contributed by atoms with Gasteiger partial charge in [-0.2, -0.15) is 0 Å². The van der Waals surface area contributed by atoms with Crippen molar-refractivity contribution in [2.75, 3.05) is 31.6 Å². The van der Waals surface area contributed by atoms with Gasteiger partial charge in [0, 0.05) is 12.1 Å². The summed E-state index contributed by atoms with van der Waals surface area (Å²) in [6.45, 7) is 3.21. The number of ether oxygens (including phenoxy) is 2. The molecule has 0 radical (unpaired) electrons. The zero-order valence-corrected chi connectivity index (χ0v) is 15.8. The molecule has 1 unspecified atom stereocenters. The number of anilines is 1. The molecule has 2 aromatic carbocycles. The van der Waals surface area contributed by atoms with Gasteiger partial charge in [0.15, 0.2) is 11.5 Å². The van der Waals surface area contributed by atoms with Crippen LogP contribution in [0.15, 0.2) is 36.4 Å². The molecule has 2 aromatic rings. The third kappa shape index (κ3) is 4.54. The van der Waals surface area contributed by atoms with Crippen molar-refractivity contribution in [3.8, 4) is 11.5 Å². The number of hydrogen-bond acceptors (Lipinski definition) is 4. The van der Waals surface area contributed by atoms with Gasteiger partial charge < -0.3 is 20.1 Å². The summed E-state index contributed by atoms with van der Waals surface area (Å²) >= 11 is 6.25. The van der Waals surface area contributed by atoms with Crippen LogP contribution in [0, 0.1) is 5.92 Å². The topological polar surface area (TPSA) is 59.6 Å². The van der Waals surface area contributed by atoms with Crippen LogP contribution >= 0.6 is 11.6 Å². The van der Waals surface area contributed by atoms with E-state index in [4.69, 9.17) is 21.1 Å². The summed E-state index contributed by atoms with van der Waals surface area (Å²) in [6.07, 6.45) is 2.63. The molecule has 1 amide bonds. The largest absolute Gasteiger partial charge is 0.486 e. The molecule has 1 atom stereocenters. The van der Waals surface area contributed by atoms with E-state index < -0.39 is 0 Å². The van der Waals surface area contributed by atoms with E-state index in [0.29, 0.717) is 41.8 Å². The lowest BCUT2D eigenvalue weighted by atomic mass is 9.97. The van der Waals surface area contributed by atoms with Crippen molar-refractivity contribution in [1.82, 2.24) is 5.32 Å². The Bertz CT molecular complexity index is 817. The molecule has 0 bridgehead atoms. The van der Waals surface area contributed by atoms with Crippen LogP contribution in [0.2, 0.25) is 5.02 Å². The number of benzene rings is 2. The Morgan fingerprint density at radius 2 is 1.81 bits per heavy atom. The second kappa shape index (κ2) is 8.19. The maximum Gasteiger partial charge on any atom is 0.228 e. The molecule has 2 aliphatic rings. The Kier molecular flexibility index (Phi) is 5.50. The number of halogens is 1. The molecule has 4 rings (SSSR count). The summed E-state index contributed by atoms with van der Waals surface area (Å²) in [4.78, 5) is 12.4. The fraction of sp³-hybridized carbons (Fsp3) is 0.381. The van der Waals surface area contributed by atoms with E-state index in [0.717, 1.165) is 31.0 Å². The smallest absolute Gasteiger partial charge is 0.228 e. The highest BCUT2D eigenvalue weighted by molar-refractivity contribution is 6.34. The Labute approximate surface area is 164 Å². The van der Waals surface area contributed by atoms with Crippen molar-refractivity contribution in [3.05, 3.63) is 52.5 Å². The summed E-state index contributed by atoms with van der Waals surface area (Å²) in [5, 5.41) is 6.70. The number of nitrogens with one attached hydrogen (secondary N) is 2. The number of fused-ring (bicyclic) bond motifs is 1. The summed E-state index contributed by atoms with van der Waals surface area (Å²) < 4.78 is 11.0. The highest BCUT2D eigenvalue weighted by Gasteiger charge is 2.17. The number of hydrogen-bond donors (Lipinski definition) is 2. The van der Waals surface area contributed by atoms with Crippen LogP contribution in [0.5, 0.6) is 11.5 Å². The molecular weight excluding hydrogens is 364 g/mol. The summed E-state index contributed by atoms with van der Waals surface area (Å²) in [5.41, 5.74) is 2.84. The normalized spacial score (nSPS) is 18.3. The molecule has 5 nitrogen and oxygen atoms in total. The van der Waals surface area contributed by atoms with Crippen LogP contribution in [-0.4, -0.2) is 32.2 Å². The van der Waals surface area contributed by atoms with E-state index in [2.05, 4.69) is 22.8 Å². The van der Waals surface area contributed by atoms with Gasteiger partial charge in [-0.1, -0.05) is 35.9 Å². The average Bonchev–Trinajstić information content (AvgIpc) is 3.17. The van der Waals surface area contributed by atoms with E-state index in [-0.39, 0.29) is 5.91 Å². The number of carbonyl (C=O) groups excluding carboxylic acids is 1. The fourth-order valence-electron chi connectivity index (χ4n) is 3.55. The first kappa shape index (κ1) is 18.1. The van der Waals surface area contributed by atoms with Gasteiger partial charge in [-0.25, -0.2) is 0 Å².